The maximum atomic E-state index is 12.7. The highest BCUT2D eigenvalue weighted by Gasteiger charge is 2.30. The second kappa shape index (κ2) is 9.88. The molecule has 0 spiro atoms. The van der Waals surface area contributed by atoms with Crippen LogP contribution >= 0.6 is 11.3 Å². The monoisotopic (exact) mass is 405 g/mol. The molecule has 0 aromatic carbocycles. The van der Waals surface area contributed by atoms with E-state index in [4.69, 9.17) is 0 Å². The Labute approximate surface area is 173 Å². The van der Waals surface area contributed by atoms with Gasteiger partial charge in [-0.3, -0.25) is 14.5 Å². The van der Waals surface area contributed by atoms with Gasteiger partial charge in [-0.25, -0.2) is 0 Å². The predicted molar refractivity (Wildman–Crippen MR) is 115 cm³/mol. The number of nitrogens with one attached hydrogen (secondary N) is 1. The Balaban J connectivity index is 1.45. The van der Waals surface area contributed by atoms with Crippen LogP contribution in [0.3, 0.4) is 0 Å². The van der Waals surface area contributed by atoms with Crippen LogP contribution in [0.1, 0.15) is 56.1 Å². The van der Waals surface area contributed by atoms with Gasteiger partial charge in [-0.2, -0.15) is 0 Å². The third-order valence-corrected chi connectivity index (χ3v) is 7.28. The number of hydrogen-bond acceptors (Lipinski definition) is 4. The first-order valence-electron chi connectivity index (χ1n) is 10.8. The van der Waals surface area contributed by atoms with E-state index in [9.17, 15) is 9.59 Å². The molecule has 2 aliphatic rings. The van der Waals surface area contributed by atoms with Crippen LogP contribution in [0, 0.1) is 17.8 Å². The summed E-state index contributed by atoms with van der Waals surface area (Å²) in [5.74, 6) is 1.65. The minimum absolute atomic E-state index is 0.0292. The van der Waals surface area contributed by atoms with E-state index < -0.39 is 0 Å². The Morgan fingerprint density at radius 3 is 2.39 bits per heavy atom. The molecular formula is C22H35N3O2S. The molecule has 0 bridgehead atoms. The number of rotatable bonds is 6. The van der Waals surface area contributed by atoms with Crippen LogP contribution in [0.25, 0.3) is 0 Å². The van der Waals surface area contributed by atoms with Crippen LogP contribution in [0.5, 0.6) is 0 Å². The standard InChI is InChI=1S/C22H35N3O2S/c1-16(2)19(24-10-6-17(3)7-11-24)15-23-21(26)18-8-12-25(13-9-18)22(27)20-5-4-14-28-20/h4-5,14,16-19H,6-13,15H2,1-3H3,(H,23,26). The molecule has 3 heterocycles. The molecule has 0 saturated carbocycles. The molecular weight excluding hydrogens is 370 g/mol. The molecule has 0 radical (unpaired) electrons. The predicted octanol–water partition coefficient (Wildman–Crippen LogP) is 3.47. The molecule has 2 aliphatic heterocycles. The summed E-state index contributed by atoms with van der Waals surface area (Å²) < 4.78 is 0. The SMILES string of the molecule is CC1CCN(C(CNC(=O)C2CCN(C(=O)c3cccs3)CC2)C(C)C)CC1. The Bertz CT molecular complexity index is 630. The van der Waals surface area contributed by atoms with Gasteiger partial charge in [0.25, 0.3) is 5.91 Å². The van der Waals surface area contributed by atoms with Gasteiger partial charge in [0.2, 0.25) is 5.91 Å². The summed E-state index contributed by atoms with van der Waals surface area (Å²) in [7, 11) is 0. The normalized spacial score (nSPS) is 21.1. The lowest BCUT2D eigenvalue weighted by atomic mass is 9.93. The minimum atomic E-state index is 0.0292. The molecule has 2 saturated heterocycles. The lowest BCUT2D eigenvalue weighted by Crippen LogP contribution is -2.51. The summed E-state index contributed by atoms with van der Waals surface area (Å²) in [6.45, 7) is 11.2. The van der Waals surface area contributed by atoms with Crippen molar-refractivity contribution in [2.24, 2.45) is 17.8 Å². The zero-order valence-corrected chi connectivity index (χ0v) is 18.3. The Morgan fingerprint density at radius 1 is 1.14 bits per heavy atom. The summed E-state index contributed by atoms with van der Waals surface area (Å²) in [6, 6.07) is 4.20. The van der Waals surface area contributed by atoms with Crippen LogP contribution in [-0.4, -0.2) is 60.4 Å². The van der Waals surface area contributed by atoms with Crippen LogP contribution in [-0.2, 0) is 4.79 Å². The van der Waals surface area contributed by atoms with Gasteiger partial charge in [0.1, 0.15) is 0 Å². The number of carbonyl (C=O) groups is 2. The van der Waals surface area contributed by atoms with Crippen molar-refractivity contribution in [1.82, 2.24) is 15.1 Å². The van der Waals surface area contributed by atoms with E-state index in [-0.39, 0.29) is 17.7 Å². The highest BCUT2D eigenvalue weighted by molar-refractivity contribution is 7.12. The highest BCUT2D eigenvalue weighted by Crippen LogP contribution is 2.23. The summed E-state index contributed by atoms with van der Waals surface area (Å²) in [6.07, 6.45) is 4.04. The summed E-state index contributed by atoms with van der Waals surface area (Å²) >= 11 is 1.48. The Morgan fingerprint density at radius 2 is 1.82 bits per heavy atom. The number of carbonyl (C=O) groups excluding carboxylic acids is 2. The van der Waals surface area contributed by atoms with Crippen molar-refractivity contribution in [3.8, 4) is 0 Å². The topological polar surface area (TPSA) is 52.7 Å². The van der Waals surface area contributed by atoms with E-state index in [0.717, 1.165) is 43.3 Å². The van der Waals surface area contributed by atoms with Crippen molar-refractivity contribution in [2.75, 3.05) is 32.7 Å². The zero-order chi connectivity index (χ0) is 20.1. The van der Waals surface area contributed by atoms with E-state index in [1.54, 1.807) is 0 Å². The lowest BCUT2D eigenvalue weighted by molar-refractivity contribution is -0.126. The fourth-order valence-electron chi connectivity index (χ4n) is 4.40. The second-order valence-corrected chi connectivity index (χ2v) is 9.77. The van der Waals surface area contributed by atoms with Crippen LogP contribution in [0.15, 0.2) is 17.5 Å². The number of piperidine rings is 2. The molecule has 6 heteroatoms. The smallest absolute Gasteiger partial charge is 0.263 e. The van der Waals surface area contributed by atoms with Gasteiger partial charge in [-0.05, 0) is 62.1 Å². The average Bonchev–Trinajstić information content (AvgIpc) is 3.23. The van der Waals surface area contributed by atoms with Crippen molar-refractivity contribution in [2.45, 2.75) is 52.5 Å². The van der Waals surface area contributed by atoms with Crippen LogP contribution < -0.4 is 5.32 Å². The number of likely N-dealkylation sites (tertiary alicyclic amines) is 2. The minimum Gasteiger partial charge on any atom is -0.354 e. The molecule has 2 amide bonds. The Kier molecular flexibility index (Phi) is 7.52. The van der Waals surface area contributed by atoms with Crippen molar-refractivity contribution in [3.63, 3.8) is 0 Å². The summed E-state index contributed by atoms with van der Waals surface area (Å²) in [4.78, 5) is 30.4. The molecule has 3 rings (SSSR count). The van der Waals surface area contributed by atoms with Crippen LogP contribution in [0.2, 0.25) is 0 Å². The quantitative estimate of drug-likeness (QED) is 0.788. The third-order valence-electron chi connectivity index (χ3n) is 6.43. The summed E-state index contributed by atoms with van der Waals surface area (Å²) in [5, 5.41) is 5.16. The van der Waals surface area contributed by atoms with E-state index in [2.05, 4.69) is 31.0 Å². The van der Waals surface area contributed by atoms with Gasteiger partial charge < -0.3 is 10.2 Å². The first-order valence-corrected chi connectivity index (χ1v) is 11.7. The molecule has 156 valence electrons. The van der Waals surface area contributed by atoms with Gasteiger partial charge in [0.15, 0.2) is 0 Å². The number of thiophene rings is 1. The largest absolute Gasteiger partial charge is 0.354 e. The van der Waals surface area contributed by atoms with Gasteiger partial charge in [-0.15, -0.1) is 11.3 Å². The van der Waals surface area contributed by atoms with Gasteiger partial charge >= 0.3 is 0 Å². The third kappa shape index (κ3) is 5.35. The van der Waals surface area contributed by atoms with E-state index in [1.807, 2.05) is 22.4 Å². The molecule has 1 N–H and O–H groups in total. The van der Waals surface area contributed by atoms with Gasteiger partial charge in [-0.1, -0.05) is 26.8 Å². The molecule has 0 aliphatic carbocycles. The molecule has 1 aromatic rings. The lowest BCUT2D eigenvalue weighted by Gasteiger charge is -2.39. The molecule has 2 fully saturated rings. The fourth-order valence-corrected chi connectivity index (χ4v) is 5.09. The Hall–Kier alpha value is -1.40. The highest BCUT2D eigenvalue weighted by atomic mass is 32.1. The van der Waals surface area contributed by atoms with E-state index >= 15 is 0 Å². The van der Waals surface area contributed by atoms with Crippen molar-refractivity contribution >= 4 is 23.2 Å². The fraction of sp³-hybridized carbons (Fsp3) is 0.727. The van der Waals surface area contributed by atoms with Crippen LogP contribution in [0.4, 0.5) is 0 Å². The van der Waals surface area contributed by atoms with E-state index in [0.29, 0.717) is 25.0 Å². The maximum Gasteiger partial charge on any atom is 0.263 e. The molecule has 1 aromatic heterocycles. The van der Waals surface area contributed by atoms with Crippen molar-refractivity contribution in [3.05, 3.63) is 22.4 Å². The van der Waals surface area contributed by atoms with Gasteiger partial charge in [0.05, 0.1) is 4.88 Å². The molecule has 1 atom stereocenters. The van der Waals surface area contributed by atoms with Gasteiger partial charge in [0, 0.05) is 31.6 Å². The van der Waals surface area contributed by atoms with E-state index in [1.165, 1.54) is 24.2 Å². The first-order chi connectivity index (χ1) is 13.5. The first kappa shape index (κ1) is 21.3. The van der Waals surface area contributed by atoms with Crippen molar-refractivity contribution < 1.29 is 9.59 Å². The molecule has 1 unspecified atom stereocenters. The number of nitrogens with zero attached hydrogens (tertiary/aromatic N) is 2. The average molecular weight is 406 g/mol. The maximum absolute atomic E-state index is 12.7. The number of hydrogen-bond donors (Lipinski definition) is 1. The molecule has 5 nitrogen and oxygen atoms in total. The molecule has 28 heavy (non-hydrogen) atoms. The van der Waals surface area contributed by atoms with Crippen molar-refractivity contribution in [1.29, 1.82) is 0 Å². The zero-order valence-electron chi connectivity index (χ0n) is 17.5. The second-order valence-electron chi connectivity index (χ2n) is 8.82. The number of amides is 2. The summed E-state index contributed by atoms with van der Waals surface area (Å²) in [5.41, 5.74) is 0.